The zero-order valence-electron chi connectivity index (χ0n) is 6.65. The van der Waals surface area contributed by atoms with Gasteiger partial charge in [0.15, 0.2) is 12.1 Å². The Morgan fingerprint density at radius 2 is 2.36 bits per heavy atom. The zero-order chi connectivity index (χ0) is 8.01. The van der Waals surface area contributed by atoms with Gasteiger partial charge in [-0.25, -0.2) is 4.99 Å². The van der Waals surface area contributed by atoms with Gasteiger partial charge in [-0.15, -0.1) is 0 Å². The highest BCUT2D eigenvalue weighted by Crippen LogP contribution is 2.15. The Hall–Kier alpha value is -1.10. The summed E-state index contributed by atoms with van der Waals surface area (Å²) in [6.07, 6.45) is -0.208. The van der Waals surface area contributed by atoms with Crippen LogP contribution in [0.4, 0.5) is 0 Å². The molecule has 0 fully saturated rings. The van der Waals surface area contributed by atoms with E-state index in [4.69, 9.17) is 5.73 Å². The van der Waals surface area contributed by atoms with Crippen LogP contribution in [0.15, 0.2) is 9.98 Å². The first-order valence-electron chi connectivity index (χ1n) is 3.53. The third kappa shape index (κ3) is 0.808. The molecule has 5 nitrogen and oxygen atoms in total. The monoisotopic (exact) mass is 153 g/mol. The van der Waals surface area contributed by atoms with E-state index in [9.17, 15) is 0 Å². The molecule has 2 aliphatic rings. The lowest BCUT2D eigenvalue weighted by atomic mass is 10.6. The molecule has 0 aromatic carbocycles. The van der Waals surface area contributed by atoms with E-state index < -0.39 is 0 Å². The minimum Gasteiger partial charge on any atom is -0.349 e. The number of guanidine groups is 1. The van der Waals surface area contributed by atoms with Crippen molar-refractivity contribution in [2.75, 3.05) is 20.6 Å². The van der Waals surface area contributed by atoms with Crippen LogP contribution in [0, 0.1) is 0 Å². The minimum atomic E-state index is -0.208. The van der Waals surface area contributed by atoms with Crippen LogP contribution in [0.5, 0.6) is 0 Å². The topological polar surface area (TPSA) is 57.2 Å². The van der Waals surface area contributed by atoms with Crippen molar-refractivity contribution >= 4 is 11.8 Å². The summed E-state index contributed by atoms with van der Waals surface area (Å²) < 4.78 is 0. The van der Waals surface area contributed by atoms with Crippen LogP contribution in [0.3, 0.4) is 0 Å². The second-order valence-corrected chi connectivity index (χ2v) is 2.89. The number of hydrogen-bond acceptors (Lipinski definition) is 5. The molecule has 2 heterocycles. The molecule has 5 heteroatoms. The Balaban J connectivity index is 2.28. The van der Waals surface area contributed by atoms with Gasteiger partial charge in [-0.3, -0.25) is 5.73 Å². The molecule has 2 aliphatic heterocycles. The van der Waals surface area contributed by atoms with Gasteiger partial charge in [0, 0.05) is 14.1 Å². The van der Waals surface area contributed by atoms with E-state index in [-0.39, 0.29) is 6.29 Å². The molecule has 1 unspecified atom stereocenters. The second-order valence-electron chi connectivity index (χ2n) is 2.89. The van der Waals surface area contributed by atoms with Crippen LogP contribution >= 0.6 is 0 Å². The van der Waals surface area contributed by atoms with E-state index in [0.29, 0.717) is 0 Å². The van der Waals surface area contributed by atoms with Gasteiger partial charge in [0.05, 0.1) is 6.54 Å². The van der Waals surface area contributed by atoms with Gasteiger partial charge in [0.1, 0.15) is 0 Å². The SMILES string of the molecule is CN(C)C1=NC2=NC(N)N1C2. The van der Waals surface area contributed by atoms with Crippen molar-refractivity contribution in [3.8, 4) is 0 Å². The first-order chi connectivity index (χ1) is 5.18. The molecular formula is C6H11N5. The van der Waals surface area contributed by atoms with E-state index in [1.807, 2.05) is 23.9 Å². The van der Waals surface area contributed by atoms with E-state index in [0.717, 1.165) is 18.3 Å². The molecule has 1 atom stereocenters. The molecule has 0 saturated heterocycles. The number of amidine groups is 1. The molecule has 60 valence electrons. The average Bonchev–Trinajstić information content (AvgIpc) is 2.43. The molecule has 2 N–H and O–H groups in total. The maximum Gasteiger partial charge on any atom is 0.205 e. The van der Waals surface area contributed by atoms with Crippen LogP contribution in [0.25, 0.3) is 0 Å². The van der Waals surface area contributed by atoms with E-state index >= 15 is 0 Å². The molecule has 0 aromatic rings. The fourth-order valence-corrected chi connectivity index (χ4v) is 1.30. The van der Waals surface area contributed by atoms with Gasteiger partial charge < -0.3 is 9.80 Å². The van der Waals surface area contributed by atoms with Crippen LogP contribution in [-0.2, 0) is 0 Å². The van der Waals surface area contributed by atoms with Crippen LogP contribution < -0.4 is 5.73 Å². The zero-order valence-corrected chi connectivity index (χ0v) is 6.65. The Bertz CT molecular complexity index is 241. The lowest BCUT2D eigenvalue weighted by molar-refractivity contribution is 0.351. The van der Waals surface area contributed by atoms with Gasteiger partial charge >= 0.3 is 0 Å². The maximum absolute atomic E-state index is 5.68. The van der Waals surface area contributed by atoms with Crippen LogP contribution in [-0.4, -0.2) is 48.5 Å². The third-order valence-electron chi connectivity index (χ3n) is 1.80. The molecule has 0 radical (unpaired) electrons. The predicted molar refractivity (Wildman–Crippen MR) is 43.2 cm³/mol. The summed E-state index contributed by atoms with van der Waals surface area (Å²) in [5, 5.41) is 0. The number of nitrogens with zero attached hydrogens (tertiary/aromatic N) is 4. The molecule has 2 rings (SSSR count). The van der Waals surface area contributed by atoms with Gasteiger partial charge in [-0.2, -0.15) is 4.99 Å². The predicted octanol–water partition coefficient (Wildman–Crippen LogP) is -1.13. The smallest absolute Gasteiger partial charge is 0.205 e. The van der Waals surface area contributed by atoms with Gasteiger partial charge in [0.2, 0.25) is 5.96 Å². The first-order valence-corrected chi connectivity index (χ1v) is 3.53. The molecule has 0 amide bonds. The summed E-state index contributed by atoms with van der Waals surface area (Å²) >= 11 is 0. The Morgan fingerprint density at radius 3 is 2.73 bits per heavy atom. The highest BCUT2D eigenvalue weighted by molar-refractivity contribution is 6.05. The van der Waals surface area contributed by atoms with Crippen molar-refractivity contribution in [2.45, 2.75) is 6.29 Å². The standard InChI is InChI=1S/C6H11N5/c1-10(2)6-9-4-3-11(6)5(7)8-4/h5H,3,7H2,1-2H3. The van der Waals surface area contributed by atoms with Crippen LogP contribution in [0.1, 0.15) is 0 Å². The maximum atomic E-state index is 5.68. The van der Waals surface area contributed by atoms with Crippen molar-refractivity contribution in [3.05, 3.63) is 0 Å². The van der Waals surface area contributed by atoms with Crippen LogP contribution in [0.2, 0.25) is 0 Å². The highest BCUT2D eigenvalue weighted by atomic mass is 15.5. The third-order valence-corrected chi connectivity index (χ3v) is 1.80. The molecule has 0 aliphatic carbocycles. The van der Waals surface area contributed by atoms with Gasteiger partial charge in [-0.1, -0.05) is 0 Å². The van der Waals surface area contributed by atoms with E-state index in [1.165, 1.54) is 0 Å². The normalized spacial score (nSPS) is 27.2. The number of rotatable bonds is 0. The summed E-state index contributed by atoms with van der Waals surface area (Å²) in [6.45, 7) is 0.772. The molecule has 0 saturated carbocycles. The molecule has 0 aromatic heterocycles. The summed E-state index contributed by atoms with van der Waals surface area (Å²) in [5.74, 6) is 1.77. The van der Waals surface area contributed by atoms with Crippen molar-refractivity contribution < 1.29 is 0 Å². The Labute approximate surface area is 65.2 Å². The average molecular weight is 153 g/mol. The number of aliphatic imine (C=N–C) groups is 2. The van der Waals surface area contributed by atoms with Gasteiger partial charge in [-0.05, 0) is 0 Å². The van der Waals surface area contributed by atoms with Crippen molar-refractivity contribution in [1.29, 1.82) is 0 Å². The number of fused-ring (bicyclic) bond motifs is 2. The lowest BCUT2D eigenvalue weighted by Gasteiger charge is -2.25. The second kappa shape index (κ2) is 1.94. The molecule has 11 heavy (non-hydrogen) atoms. The fraction of sp³-hybridized carbons (Fsp3) is 0.667. The summed E-state index contributed by atoms with van der Waals surface area (Å²) in [5.41, 5.74) is 5.68. The fourth-order valence-electron chi connectivity index (χ4n) is 1.30. The number of nitrogens with two attached hydrogens (primary N) is 1. The Kier molecular flexibility index (Phi) is 1.17. The summed E-state index contributed by atoms with van der Waals surface area (Å²) in [6, 6.07) is 0. The lowest BCUT2D eigenvalue weighted by Crippen LogP contribution is -2.45. The Morgan fingerprint density at radius 1 is 1.64 bits per heavy atom. The van der Waals surface area contributed by atoms with Crippen molar-refractivity contribution in [2.24, 2.45) is 15.7 Å². The van der Waals surface area contributed by atoms with Gasteiger partial charge in [0.25, 0.3) is 0 Å². The van der Waals surface area contributed by atoms with Crippen molar-refractivity contribution in [1.82, 2.24) is 9.80 Å². The highest BCUT2D eigenvalue weighted by Gasteiger charge is 2.33. The van der Waals surface area contributed by atoms with Crippen molar-refractivity contribution in [3.63, 3.8) is 0 Å². The largest absolute Gasteiger partial charge is 0.349 e. The molecular weight excluding hydrogens is 142 g/mol. The molecule has 0 spiro atoms. The minimum absolute atomic E-state index is 0.208. The number of hydrogen-bond donors (Lipinski definition) is 1. The van der Waals surface area contributed by atoms with E-state index in [1.54, 1.807) is 0 Å². The first kappa shape index (κ1) is 6.60. The quantitative estimate of drug-likeness (QED) is 0.479. The summed E-state index contributed by atoms with van der Waals surface area (Å²) in [4.78, 5) is 12.3. The molecule has 2 bridgehead atoms. The summed E-state index contributed by atoms with van der Waals surface area (Å²) in [7, 11) is 3.90. The van der Waals surface area contributed by atoms with E-state index in [2.05, 4.69) is 9.98 Å².